The number of carbonyl (C=O) groups is 3. The molecule has 0 aromatic carbocycles. The molecule has 0 saturated heterocycles. The Labute approximate surface area is 279 Å². The van der Waals surface area contributed by atoms with Crippen LogP contribution in [0.2, 0.25) is 0 Å². The van der Waals surface area contributed by atoms with Crippen molar-refractivity contribution < 1.29 is 29.1 Å². The third-order valence-electron chi connectivity index (χ3n) is 9.46. The van der Waals surface area contributed by atoms with Gasteiger partial charge in [-0.3, -0.25) is 9.59 Å². The van der Waals surface area contributed by atoms with E-state index >= 15 is 0 Å². The predicted octanol–water partition coefficient (Wildman–Crippen LogP) is 9.03. The molecule has 266 valence electrons. The summed E-state index contributed by atoms with van der Waals surface area (Å²) >= 11 is 0. The number of unbranched alkanes of at least 4 members (excludes halogenated alkanes) is 24. The van der Waals surface area contributed by atoms with E-state index in [1.54, 1.807) is 21.1 Å². The van der Waals surface area contributed by atoms with E-state index in [1.807, 2.05) is 0 Å². The Kier molecular flexibility index (Phi) is 27.0. The highest BCUT2D eigenvalue weighted by Gasteiger charge is 2.53. The van der Waals surface area contributed by atoms with Gasteiger partial charge in [0, 0.05) is 25.2 Å². The zero-order valence-electron chi connectivity index (χ0n) is 30.6. The third-order valence-corrected chi connectivity index (χ3v) is 9.46. The fourth-order valence-corrected chi connectivity index (χ4v) is 6.88. The molecule has 0 fully saturated rings. The highest BCUT2D eigenvalue weighted by Crippen LogP contribution is 2.29. The molecule has 0 bridgehead atoms. The van der Waals surface area contributed by atoms with Crippen LogP contribution in [0.3, 0.4) is 0 Å². The largest absolute Gasteiger partial charge is 0.550 e. The molecule has 0 aliphatic rings. The lowest BCUT2D eigenvalue weighted by Gasteiger charge is -2.42. The number of aliphatic carboxylic acids is 1. The van der Waals surface area contributed by atoms with Crippen LogP contribution in [0.25, 0.3) is 0 Å². The molecule has 1 unspecified atom stereocenters. The number of hydrogen-bond donors (Lipinski definition) is 1. The average molecular weight is 638 g/mol. The summed E-state index contributed by atoms with van der Waals surface area (Å²) in [4.78, 5) is 38.6. The van der Waals surface area contributed by atoms with Crippen LogP contribution in [0, 0.1) is 0 Å². The number of nitrogens with zero attached hydrogens (tertiary/aromatic N) is 1. The number of ketones is 2. The summed E-state index contributed by atoms with van der Waals surface area (Å²) in [6.07, 6.45) is 30.6. The first-order valence-electron chi connectivity index (χ1n) is 19.3. The van der Waals surface area contributed by atoms with Crippen molar-refractivity contribution in [1.29, 1.82) is 0 Å². The van der Waals surface area contributed by atoms with Gasteiger partial charge in [0.15, 0.2) is 23.2 Å². The maximum absolute atomic E-state index is 13.5. The van der Waals surface area contributed by atoms with Crippen molar-refractivity contribution in [1.82, 2.24) is 0 Å². The molecule has 0 amide bonds. The van der Waals surface area contributed by atoms with Gasteiger partial charge >= 0.3 is 0 Å². The summed E-state index contributed by atoms with van der Waals surface area (Å²) in [5.41, 5.74) is -2.25. The number of quaternary nitrogens is 1. The van der Waals surface area contributed by atoms with Crippen molar-refractivity contribution >= 4 is 17.5 Å². The summed E-state index contributed by atoms with van der Waals surface area (Å²) in [5, 5.41) is 23.3. The number of aliphatic hydroxyl groups is 1. The van der Waals surface area contributed by atoms with Gasteiger partial charge in [-0.2, -0.15) is 0 Å². The Bertz CT molecular complexity index is 746. The Morgan fingerprint density at radius 1 is 0.533 bits per heavy atom. The molecule has 0 aliphatic carbocycles. The fraction of sp³-hybridized carbons (Fsp3) is 0.923. The van der Waals surface area contributed by atoms with Crippen LogP contribution in [-0.4, -0.2) is 59.9 Å². The quantitative estimate of drug-likeness (QED) is 0.0561. The molecule has 6 heteroatoms. The molecular formula is C39H75NO5. The molecule has 0 rings (SSSR count). The van der Waals surface area contributed by atoms with Crippen LogP contribution in [0.4, 0.5) is 0 Å². The summed E-state index contributed by atoms with van der Waals surface area (Å²) in [7, 11) is 5.27. The molecule has 0 saturated carbocycles. The maximum atomic E-state index is 13.5. The van der Waals surface area contributed by atoms with Gasteiger partial charge in [-0.05, 0) is 12.8 Å². The van der Waals surface area contributed by atoms with Crippen LogP contribution in [0.5, 0.6) is 0 Å². The van der Waals surface area contributed by atoms with Crippen LogP contribution >= 0.6 is 0 Å². The second-order valence-corrected chi connectivity index (χ2v) is 14.9. The molecule has 0 heterocycles. The van der Waals surface area contributed by atoms with Gasteiger partial charge in [-0.15, -0.1) is 0 Å². The lowest BCUT2D eigenvalue weighted by atomic mass is 9.79. The molecule has 0 spiro atoms. The second-order valence-electron chi connectivity index (χ2n) is 14.9. The van der Waals surface area contributed by atoms with E-state index in [0.29, 0.717) is 12.8 Å². The van der Waals surface area contributed by atoms with Crippen LogP contribution in [0.1, 0.15) is 200 Å². The summed E-state index contributed by atoms with van der Waals surface area (Å²) < 4.78 is 0.00536. The SMILES string of the molecule is CCCCCCCCCCCCCCCC(=O)C([C@](O)(CC(=O)[O-])C(=O)CCCCCCCCCCCCCCC)[N+](C)(C)C. The molecule has 0 aromatic rings. The van der Waals surface area contributed by atoms with E-state index < -0.39 is 29.8 Å². The molecule has 2 atom stereocenters. The minimum absolute atomic E-state index is 0.00536. The van der Waals surface area contributed by atoms with Gasteiger partial charge in [-0.25, -0.2) is 0 Å². The van der Waals surface area contributed by atoms with Crippen molar-refractivity contribution in [3.8, 4) is 0 Å². The smallest absolute Gasteiger partial charge is 0.193 e. The van der Waals surface area contributed by atoms with Crippen LogP contribution in [-0.2, 0) is 14.4 Å². The van der Waals surface area contributed by atoms with Crippen molar-refractivity contribution in [3.05, 3.63) is 0 Å². The summed E-state index contributed by atoms with van der Waals surface area (Å²) in [5.74, 6) is -2.26. The first-order chi connectivity index (χ1) is 21.5. The van der Waals surface area contributed by atoms with Crippen LogP contribution < -0.4 is 5.11 Å². The molecule has 0 radical (unpaired) electrons. The summed E-state index contributed by atoms with van der Waals surface area (Å²) in [6.45, 7) is 4.49. The van der Waals surface area contributed by atoms with Gasteiger partial charge < -0.3 is 19.5 Å². The Balaban J connectivity index is 4.55. The molecule has 0 aromatic heterocycles. The lowest BCUT2D eigenvalue weighted by Crippen LogP contribution is -2.66. The minimum atomic E-state index is -2.25. The molecule has 6 nitrogen and oxygen atoms in total. The lowest BCUT2D eigenvalue weighted by molar-refractivity contribution is -0.892. The standard InChI is InChI=1S/C39H75NO5/c1-6-8-10-12-14-16-18-20-22-24-26-28-30-32-35(41)38(40(3,4)5)39(45,34-37(43)44)36(42)33-31-29-27-25-23-21-19-17-15-13-11-9-7-2/h38,45H,6-34H2,1-5H3/t38?,39-/m0/s1. The van der Waals surface area contributed by atoms with Crippen molar-refractivity contribution in [3.63, 3.8) is 0 Å². The molecule has 45 heavy (non-hydrogen) atoms. The van der Waals surface area contributed by atoms with Gasteiger partial charge in [0.05, 0.1) is 21.1 Å². The van der Waals surface area contributed by atoms with Crippen LogP contribution in [0.15, 0.2) is 0 Å². The van der Waals surface area contributed by atoms with E-state index in [1.165, 1.54) is 116 Å². The number of carbonyl (C=O) groups excluding carboxylic acids is 3. The number of hydrogen-bond acceptors (Lipinski definition) is 5. The van der Waals surface area contributed by atoms with E-state index in [4.69, 9.17) is 0 Å². The topological polar surface area (TPSA) is 94.5 Å². The third kappa shape index (κ3) is 22.8. The van der Waals surface area contributed by atoms with Gasteiger partial charge in [0.1, 0.15) is 0 Å². The molecule has 1 N–H and O–H groups in total. The van der Waals surface area contributed by atoms with Gasteiger partial charge in [0.2, 0.25) is 0 Å². The second kappa shape index (κ2) is 27.8. The normalized spacial score (nSPS) is 13.9. The predicted molar refractivity (Wildman–Crippen MR) is 187 cm³/mol. The Morgan fingerprint density at radius 3 is 1.11 bits per heavy atom. The number of rotatable bonds is 34. The highest BCUT2D eigenvalue weighted by molar-refractivity contribution is 5.98. The molecular weight excluding hydrogens is 562 g/mol. The number of carboxylic acids is 1. The number of likely N-dealkylation sites (N-methyl/N-ethyl adjacent to an activating group) is 1. The maximum Gasteiger partial charge on any atom is 0.193 e. The van der Waals surface area contributed by atoms with Gasteiger partial charge in [-0.1, -0.05) is 168 Å². The van der Waals surface area contributed by atoms with Gasteiger partial charge in [0.25, 0.3) is 0 Å². The minimum Gasteiger partial charge on any atom is -0.550 e. The first-order valence-corrected chi connectivity index (χ1v) is 19.3. The van der Waals surface area contributed by atoms with E-state index in [9.17, 15) is 24.6 Å². The monoisotopic (exact) mass is 638 g/mol. The van der Waals surface area contributed by atoms with Crippen molar-refractivity contribution in [2.45, 2.75) is 212 Å². The summed E-state index contributed by atoms with van der Waals surface area (Å²) in [6, 6.07) is -1.12. The number of Topliss-reactive ketones (excluding diaryl/α,β-unsaturated/α-hetero) is 2. The molecule has 0 aliphatic heterocycles. The zero-order valence-corrected chi connectivity index (χ0v) is 30.6. The Hall–Kier alpha value is -1.27. The fourth-order valence-electron chi connectivity index (χ4n) is 6.88. The average Bonchev–Trinajstić information content (AvgIpc) is 2.96. The van der Waals surface area contributed by atoms with E-state index in [2.05, 4.69) is 13.8 Å². The first kappa shape index (κ1) is 43.7. The highest BCUT2D eigenvalue weighted by atomic mass is 16.4. The van der Waals surface area contributed by atoms with Crippen molar-refractivity contribution in [2.24, 2.45) is 0 Å². The van der Waals surface area contributed by atoms with E-state index in [-0.39, 0.29) is 23.1 Å². The van der Waals surface area contributed by atoms with Crippen molar-refractivity contribution in [2.75, 3.05) is 21.1 Å². The Morgan fingerprint density at radius 2 is 0.822 bits per heavy atom. The zero-order chi connectivity index (χ0) is 33.8. The number of carboxylic acid groups (broad SMARTS) is 1. The van der Waals surface area contributed by atoms with E-state index in [0.717, 1.165) is 38.5 Å².